The van der Waals surface area contributed by atoms with Crippen molar-refractivity contribution < 1.29 is 9.90 Å². The number of rotatable bonds is 3. The summed E-state index contributed by atoms with van der Waals surface area (Å²) < 4.78 is 0. The van der Waals surface area contributed by atoms with Gasteiger partial charge in [-0.2, -0.15) is 5.10 Å². The van der Waals surface area contributed by atoms with Crippen LogP contribution in [0.5, 0.6) is 5.75 Å². The molecule has 0 saturated carbocycles. The Labute approximate surface area is 121 Å². The molecule has 2 rings (SSSR count). The van der Waals surface area contributed by atoms with Gasteiger partial charge in [0.2, 0.25) is 0 Å². The van der Waals surface area contributed by atoms with Crippen molar-refractivity contribution in [2.24, 2.45) is 5.10 Å². The summed E-state index contributed by atoms with van der Waals surface area (Å²) in [4.78, 5) is 11.9. The molecule has 0 aliphatic heterocycles. The van der Waals surface area contributed by atoms with Crippen LogP contribution in [-0.2, 0) is 0 Å². The van der Waals surface area contributed by atoms with E-state index in [4.69, 9.17) is 11.6 Å². The van der Waals surface area contributed by atoms with Crippen molar-refractivity contribution in [2.45, 2.75) is 6.92 Å². The zero-order valence-electron chi connectivity index (χ0n) is 10.8. The number of nitrogens with one attached hydrogen (secondary N) is 1. The molecule has 0 bridgehead atoms. The Balaban J connectivity index is 2.13. The molecule has 0 saturated heterocycles. The summed E-state index contributed by atoms with van der Waals surface area (Å²) in [5, 5.41) is 14.1. The predicted octanol–water partition coefficient (Wildman–Crippen LogP) is 3.20. The summed E-state index contributed by atoms with van der Waals surface area (Å²) >= 11 is 5.82. The standard InChI is InChI=1S/C15H13ClN2O2/c1-10(13-7-2-3-8-14(13)19)17-18-15(20)11-5-4-6-12(16)9-11/h2-9,19H,1H3,(H,18,20)/b17-10+. The van der Waals surface area contributed by atoms with Gasteiger partial charge in [-0.15, -0.1) is 0 Å². The van der Waals surface area contributed by atoms with Gasteiger partial charge in [-0.05, 0) is 37.3 Å². The molecule has 1 amide bonds. The highest BCUT2D eigenvalue weighted by Gasteiger charge is 2.07. The van der Waals surface area contributed by atoms with Crippen molar-refractivity contribution >= 4 is 23.2 Å². The van der Waals surface area contributed by atoms with E-state index in [2.05, 4.69) is 10.5 Å². The molecule has 5 heteroatoms. The van der Waals surface area contributed by atoms with Gasteiger partial charge >= 0.3 is 0 Å². The maximum absolute atomic E-state index is 11.9. The fourth-order valence-electron chi connectivity index (χ4n) is 1.67. The topological polar surface area (TPSA) is 61.7 Å². The third-order valence-corrected chi connectivity index (χ3v) is 2.94. The lowest BCUT2D eigenvalue weighted by molar-refractivity contribution is 0.0955. The van der Waals surface area contributed by atoms with Crippen LogP contribution >= 0.6 is 11.6 Å². The first-order valence-electron chi connectivity index (χ1n) is 5.96. The number of carbonyl (C=O) groups excluding carboxylic acids is 1. The minimum atomic E-state index is -0.359. The first-order chi connectivity index (χ1) is 9.58. The van der Waals surface area contributed by atoms with Crippen LogP contribution in [0, 0.1) is 0 Å². The number of amides is 1. The number of aromatic hydroxyl groups is 1. The van der Waals surface area contributed by atoms with Crippen LogP contribution < -0.4 is 5.43 Å². The van der Waals surface area contributed by atoms with Gasteiger partial charge in [-0.1, -0.05) is 29.8 Å². The first-order valence-corrected chi connectivity index (χ1v) is 6.34. The smallest absolute Gasteiger partial charge is 0.271 e. The summed E-state index contributed by atoms with van der Waals surface area (Å²) in [6.07, 6.45) is 0. The number of hydrazone groups is 1. The number of hydrogen-bond acceptors (Lipinski definition) is 3. The molecule has 0 aliphatic rings. The van der Waals surface area contributed by atoms with E-state index >= 15 is 0 Å². The monoisotopic (exact) mass is 288 g/mol. The molecule has 0 radical (unpaired) electrons. The molecule has 0 fully saturated rings. The summed E-state index contributed by atoms with van der Waals surface area (Å²) in [5.74, 6) is -0.243. The number of phenolic OH excluding ortho intramolecular Hbond substituents is 1. The summed E-state index contributed by atoms with van der Waals surface area (Å²) in [7, 11) is 0. The summed E-state index contributed by atoms with van der Waals surface area (Å²) in [6, 6.07) is 13.4. The van der Waals surface area contributed by atoms with E-state index in [0.29, 0.717) is 21.9 Å². The van der Waals surface area contributed by atoms with E-state index in [0.717, 1.165) is 0 Å². The second-order valence-electron chi connectivity index (χ2n) is 4.17. The zero-order chi connectivity index (χ0) is 14.5. The minimum Gasteiger partial charge on any atom is -0.507 e. The third kappa shape index (κ3) is 3.36. The van der Waals surface area contributed by atoms with Crippen molar-refractivity contribution in [3.05, 3.63) is 64.7 Å². The second kappa shape index (κ2) is 6.21. The van der Waals surface area contributed by atoms with Gasteiger partial charge in [0.25, 0.3) is 5.91 Å². The number of phenols is 1. The molecule has 20 heavy (non-hydrogen) atoms. The lowest BCUT2D eigenvalue weighted by Crippen LogP contribution is -2.19. The fourth-order valence-corrected chi connectivity index (χ4v) is 1.86. The fraction of sp³-hybridized carbons (Fsp3) is 0.0667. The molecule has 4 nitrogen and oxygen atoms in total. The van der Waals surface area contributed by atoms with Crippen molar-refractivity contribution in [3.8, 4) is 5.75 Å². The molecule has 0 aliphatic carbocycles. The van der Waals surface area contributed by atoms with Gasteiger partial charge in [0, 0.05) is 16.1 Å². The number of halogens is 1. The molecule has 2 aromatic rings. The van der Waals surface area contributed by atoms with E-state index in [9.17, 15) is 9.90 Å². The van der Waals surface area contributed by atoms with Crippen LogP contribution in [0.25, 0.3) is 0 Å². The average molecular weight is 289 g/mol. The van der Waals surface area contributed by atoms with E-state index in [1.54, 1.807) is 55.5 Å². The number of benzene rings is 2. The SMILES string of the molecule is C/C(=N\NC(=O)c1cccc(Cl)c1)c1ccccc1O. The number of para-hydroxylation sites is 1. The molecular formula is C15H13ClN2O2. The molecular weight excluding hydrogens is 276 g/mol. The van der Waals surface area contributed by atoms with Gasteiger partial charge in [-0.25, -0.2) is 5.43 Å². The van der Waals surface area contributed by atoms with Crippen molar-refractivity contribution in [1.29, 1.82) is 0 Å². The predicted molar refractivity (Wildman–Crippen MR) is 79.2 cm³/mol. The number of nitrogens with zero attached hydrogens (tertiary/aromatic N) is 1. The van der Waals surface area contributed by atoms with Crippen LogP contribution in [0.1, 0.15) is 22.8 Å². The Hall–Kier alpha value is -2.33. The van der Waals surface area contributed by atoms with Gasteiger partial charge in [0.1, 0.15) is 5.75 Å². The maximum atomic E-state index is 11.9. The minimum absolute atomic E-state index is 0.116. The van der Waals surface area contributed by atoms with Gasteiger partial charge in [-0.3, -0.25) is 4.79 Å². The lowest BCUT2D eigenvalue weighted by Gasteiger charge is -2.05. The van der Waals surface area contributed by atoms with Crippen LogP contribution in [0.2, 0.25) is 5.02 Å². The van der Waals surface area contributed by atoms with Crippen molar-refractivity contribution in [1.82, 2.24) is 5.43 Å². The number of hydrogen-bond donors (Lipinski definition) is 2. The van der Waals surface area contributed by atoms with E-state index in [1.165, 1.54) is 0 Å². The highest BCUT2D eigenvalue weighted by Crippen LogP contribution is 2.16. The lowest BCUT2D eigenvalue weighted by atomic mass is 10.1. The highest BCUT2D eigenvalue weighted by molar-refractivity contribution is 6.30. The normalized spacial score (nSPS) is 11.2. The Kier molecular flexibility index (Phi) is 4.38. The summed E-state index contributed by atoms with van der Waals surface area (Å²) in [5.41, 5.74) is 3.93. The Morgan fingerprint density at radius 3 is 2.65 bits per heavy atom. The average Bonchev–Trinajstić information content (AvgIpc) is 2.45. The molecule has 0 heterocycles. The molecule has 0 atom stereocenters. The van der Waals surface area contributed by atoms with Crippen molar-refractivity contribution in [2.75, 3.05) is 0 Å². The maximum Gasteiger partial charge on any atom is 0.271 e. The summed E-state index contributed by atoms with van der Waals surface area (Å²) in [6.45, 7) is 1.70. The Morgan fingerprint density at radius 1 is 1.20 bits per heavy atom. The quantitative estimate of drug-likeness (QED) is 0.673. The molecule has 2 aromatic carbocycles. The molecule has 2 N–H and O–H groups in total. The molecule has 0 unspecified atom stereocenters. The van der Waals surface area contributed by atoms with E-state index in [-0.39, 0.29) is 11.7 Å². The zero-order valence-corrected chi connectivity index (χ0v) is 11.6. The van der Waals surface area contributed by atoms with E-state index < -0.39 is 0 Å². The first kappa shape index (κ1) is 14.1. The molecule has 0 spiro atoms. The van der Waals surface area contributed by atoms with Crippen LogP contribution in [0.4, 0.5) is 0 Å². The molecule has 102 valence electrons. The molecule has 0 aromatic heterocycles. The Morgan fingerprint density at radius 2 is 1.95 bits per heavy atom. The van der Waals surface area contributed by atoms with Crippen LogP contribution in [-0.4, -0.2) is 16.7 Å². The van der Waals surface area contributed by atoms with Crippen LogP contribution in [0.15, 0.2) is 53.6 Å². The Bertz CT molecular complexity index is 668. The van der Waals surface area contributed by atoms with Gasteiger partial charge in [0.15, 0.2) is 0 Å². The highest BCUT2D eigenvalue weighted by atomic mass is 35.5. The third-order valence-electron chi connectivity index (χ3n) is 2.71. The van der Waals surface area contributed by atoms with Gasteiger partial charge < -0.3 is 5.11 Å². The van der Waals surface area contributed by atoms with Crippen LogP contribution in [0.3, 0.4) is 0 Å². The van der Waals surface area contributed by atoms with E-state index in [1.807, 2.05) is 0 Å². The largest absolute Gasteiger partial charge is 0.507 e. The van der Waals surface area contributed by atoms with Gasteiger partial charge in [0.05, 0.1) is 5.71 Å². The number of carbonyl (C=O) groups is 1. The van der Waals surface area contributed by atoms with Crippen molar-refractivity contribution in [3.63, 3.8) is 0 Å². The second-order valence-corrected chi connectivity index (χ2v) is 4.60.